The van der Waals surface area contributed by atoms with Gasteiger partial charge in [0.25, 0.3) is 5.56 Å². The molecule has 1 atom stereocenters. The quantitative estimate of drug-likeness (QED) is 0.130. The van der Waals surface area contributed by atoms with Crippen molar-refractivity contribution in [1.29, 1.82) is 0 Å². The van der Waals surface area contributed by atoms with Gasteiger partial charge in [-0.2, -0.15) is 0 Å². The molecule has 1 aliphatic heterocycles. The molecule has 5 aromatic rings. The lowest BCUT2D eigenvalue weighted by atomic mass is 9.97. The number of ether oxygens (including phenoxy) is 3. The molecule has 6 rings (SSSR count). The van der Waals surface area contributed by atoms with Crippen molar-refractivity contribution in [2.45, 2.75) is 19.6 Å². The van der Waals surface area contributed by atoms with Crippen molar-refractivity contribution in [3.63, 3.8) is 0 Å². The van der Waals surface area contributed by atoms with Gasteiger partial charge in [-0.25, -0.2) is 14.2 Å². The number of nitrogens with zero attached hydrogens (tertiary/aromatic N) is 2. The number of halogens is 2. The van der Waals surface area contributed by atoms with Gasteiger partial charge in [-0.05, 0) is 82.4 Å². The molecule has 0 unspecified atom stereocenters. The predicted octanol–water partition coefficient (Wildman–Crippen LogP) is 6.33. The van der Waals surface area contributed by atoms with Crippen molar-refractivity contribution in [3.8, 4) is 11.5 Å². The van der Waals surface area contributed by atoms with E-state index in [9.17, 15) is 14.0 Å². The first-order valence-electron chi connectivity index (χ1n) is 13.9. The summed E-state index contributed by atoms with van der Waals surface area (Å²) in [6.07, 6.45) is 1.79. The standard InChI is InChI=1S/C34H26FIN2O5S2/c1-3-42-33(40)28-29(22-8-5-4-6-9-22)37-34-38(30(28)26-10-7-15-44-26)32(39)27(45-34)18-21-16-24(36)31(25(17-21)41-2)43-19-20-11-13-23(35)14-12-20/h4-18,30H,3,19H2,1-2H3/b27-18-/t30-/m0/s1. The Morgan fingerprint density at radius 1 is 1.09 bits per heavy atom. The van der Waals surface area contributed by atoms with Crippen LogP contribution in [0.3, 0.4) is 0 Å². The second kappa shape index (κ2) is 13.5. The maximum Gasteiger partial charge on any atom is 0.338 e. The number of hydrogen-bond acceptors (Lipinski definition) is 8. The van der Waals surface area contributed by atoms with Crippen molar-refractivity contribution in [1.82, 2.24) is 4.57 Å². The number of aromatic nitrogens is 1. The molecular weight excluding hydrogens is 726 g/mol. The molecule has 0 bridgehead atoms. The van der Waals surface area contributed by atoms with E-state index in [1.54, 1.807) is 42.9 Å². The van der Waals surface area contributed by atoms with Crippen molar-refractivity contribution < 1.29 is 23.4 Å². The number of esters is 1. The molecule has 0 aliphatic carbocycles. The van der Waals surface area contributed by atoms with E-state index in [-0.39, 0.29) is 24.6 Å². The van der Waals surface area contributed by atoms with Gasteiger partial charge in [-0.3, -0.25) is 9.36 Å². The van der Waals surface area contributed by atoms with E-state index in [2.05, 4.69) is 22.6 Å². The SMILES string of the molecule is CCOC(=O)C1=C(c2ccccc2)N=c2s/c(=C\c3cc(I)c(OCc4ccc(F)cc4)c(OC)c3)c(=O)n2[C@H]1c1cccs1. The summed E-state index contributed by atoms with van der Waals surface area (Å²) in [6.45, 7) is 2.18. The van der Waals surface area contributed by atoms with Crippen LogP contribution in [0.1, 0.15) is 34.5 Å². The molecule has 2 aromatic heterocycles. The van der Waals surface area contributed by atoms with Gasteiger partial charge in [0.1, 0.15) is 18.5 Å². The van der Waals surface area contributed by atoms with Crippen molar-refractivity contribution in [3.05, 3.63) is 140 Å². The molecule has 1 aliphatic rings. The summed E-state index contributed by atoms with van der Waals surface area (Å²) in [5.41, 5.74) is 2.85. The molecule has 0 spiro atoms. The van der Waals surface area contributed by atoms with E-state index in [1.165, 1.54) is 34.8 Å². The summed E-state index contributed by atoms with van der Waals surface area (Å²) in [5.74, 6) is 0.222. The van der Waals surface area contributed by atoms with Crippen LogP contribution in [0.25, 0.3) is 11.8 Å². The maximum atomic E-state index is 14.1. The smallest absolute Gasteiger partial charge is 0.338 e. The number of hydrogen-bond donors (Lipinski definition) is 0. The molecular formula is C34H26FIN2O5S2. The van der Waals surface area contributed by atoms with E-state index < -0.39 is 12.0 Å². The Kier molecular flexibility index (Phi) is 9.29. The van der Waals surface area contributed by atoms with Gasteiger partial charge in [-0.1, -0.05) is 59.9 Å². The third-order valence-corrected chi connectivity index (χ3v) is 9.74. The number of thiazole rings is 1. The van der Waals surface area contributed by atoms with E-state index in [1.807, 2.05) is 53.9 Å². The second-order valence-electron chi connectivity index (χ2n) is 9.90. The number of carbonyl (C=O) groups excluding carboxylic acids is 1. The fourth-order valence-electron chi connectivity index (χ4n) is 5.01. The minimum Gasteiger partial charge on any atom is -0.493 e. The highest BCUT2D eigenvalue weighted by Gasteiger charge is 2.35. The molecule has 3 heterocycles. The van der Waals surface area contributed by atoms with Crippen molar-refractivity contribution in [2.75, 3.05) is 13.7 Å². The Balaban J connectivity index is 1.46. The Hall–Kier alpha value is -4.07. The average Bonchev–Trinajstić information content (AvgIpc) is 3.69. The van der Waals surface area contributed by atoms with Crippen LogP contribution in [0.15, 0.2) is 99.6 Å². The highest BCUT2D eigenvalue weighted by molar-refractivity contribution is 14.1. The van der Waals surface area contributed by atoms with Crippen LogP contribution in [-0.4, -0.2) is 24.3 Å². The van der Waals surface area contributed by atoms with Gasteiger partial charge in [0, 0.05) is 10.4 Å². The summed E-state index contributed by atoms with van der Waals surface area (Å²) in [7, 11) is 1.55. The lowest BCUT2D eigenvalue weighted by Gasteiger charge is -2.24. The molecule has 0 N–H and O–H groups in total. The zero-order valence-corrected chi connectivity index (χ0v) is 28.0. The van der Waals surface area contributed by atoms with Crippen molar-refractivity contribution in [2.24, 2.45) is 4.99 Å². The first-order valence-corrected chi connectivity index (χ1v) is 16.7. The summed E-state index contributed by atoms with van der Waals surface area (Å²) < 4.78 is 33.3. The molecule has 0 fully saturated rings. The number of methoxy groups -OCH3 is 1. The van der Waals surface area contributed by atoms with Crippen LogP contribution in [0.4, 0.5) is 4.39 Å². The normalized spacial score (nSPS) is 14.6. The molecule has 0 saturated carbocycles. The fourth-order valence-corrected chi connectivity index (χ4v) is 7.61. The Morgan fingerprint density at radius 2 is 1.87 bits per heavy atom. The number of carbonyl (C=O) groups is 1. The highest BCUT2D eigenvalue weighted by Crippen LogP contribution is 2.37. The Labute approximate surface area is 279 Å². The molecule has 7 nitrogen and oxygen atoms in total. The Morgan fingerprint density at radius 3 is 2.56 bits per heavy atom. The van der Waals surface area contributed by atoms with E-state index in [4.69, 9.17) is 19.2 Å². The van der Waals surface area contributed by atoms with Crippen LogP contribution >= 0.6 is 45.3 Å². The number of fused-ring (bicyclic) bond motifs is 1. The van der Waals surface area contributed by atoms with Gasteiger partial charge in [0.15, 0.2) is 16.3 Å². The van der Waals surface area contributed by atoms with Crippen molar-refractivity contribution >= 4 is 63.0 Å². The second-order valence-corrected chi connectivity index (χ2v) is 13.0. The minimum atomic E-state index is -0.699. The molecule has 228 valence electrons. The Bertz CT molecular complexity index is 2070. The summed E-state index contributed by atoms with van der Waals surface area (Å²) in [4.78, 5) is 33.8. The molecule has 0 amide bonds. The monoisotopic (exact) mass is 752 g/mol. The third-order valence-electron chi connectivity index (χ3n) is 7.03. The van der Waals surface area contributed by atoms with Gasteiger partial charge >= 0.3 is 5.97 Å². The molecule has 11 heteroatoms. The lowest BCUT2D eigenvalue weighted by molar-refractivity contribution is -0.138. The van der Waals surface area contributed by atoms with Crippen LogP contribution in [0, 0.1) is 9.39 Å². The maximum absolute atomic E-state index is 14.1. The van der Waals surface area contributed by atoms with Gasteiger partial charge in [0.05, 0.1) is 33.1 Å². The van der Waals surface area contributed by atoms with E-state index >= 15 is 0 Å². The first-order chi connectivity index (χ1) is 21.9. The zero-order chi connectivity index (χ0) is 31.5. The molecule has 0 saturated heterocycles. The average molecular weight is 753 g/mol. The van der Waals surface area contributed by atoms with E-state index in [0.717, 1.165) is 25.1 Å². The van der Waals surface area contributed by atoms with Crippen LogP contribution in [0.2, 0.25) is 0 Å². The number of thiophene rings is 1. The topological polar surface area (TPSA) is 79.1 Å². The number of benzene rings is 3. The molecule has 3 aromatic carbocycles. The summed E-state index contributed by atoms with van der Waals surface area (Å²) in [6, 6.07) is 22.4. The molecule has 0 radical (unpaired) electrons. The minimum absolute atomic E-state index is 0.191. The third kappa shape index (κ3) is 6.37. The van der Waals surface area contributed by atoms with Gasteiger partial charge < -0.3 is 14.2 Å². The largest absolute Gasteiger partial charge is 0.493 e. The van der Waals surface area contributed by atoms with Crippen LogP contribution in [-0.2, 0) is 16.1 Å². The fraction of sp³-hybridized carbons (Fsp3) is 0.147. The van der Waals surface area contributed by atoms with E-state index in [0.29, 0.717) is 32.1 Å². The van der Waals surface area contributed by atoms with Gasteiger partial charge in [0.2, 0.25) is 0 Å². The predicted molar refractivity (Wildman–Crippen MR) is 182 cm³/mol. The number of rotatable bonds is 9. The first kappa shape index (κ1) is 30.9. The molecule has 45 heavy (non-hydrogen) atoms. The lowest BCUT2D eigenvalue weighted by Crippen LogP contribution is -2.39. The summed E-state index contributed by atoms with van der Waals surface area (Å²) >= 11 is 4.89. The van der Waals surface area contributed by atoms with Crippen LogP contribution < -0.4 is 24.4 Å². The zero-order valence-electron chi connectivity index (χ0n) is 24.2. The highest BCUT2D eigenvalue weighted by atomic mass is 127. The van der Waals surface area contributed by atoms with Gasteiger partial charge in [-0.15, -0.1) is 11.3 Å². The summed E-state index contributed by atoms with van der Waals surface area (Å²) in [5, 5.41) is 1.92. The van der Waals surface area contributed by atoms with Crippen LogP contribution in [0.5, 0.6) is 11.5 Å².